The molecule has 128 valence electrons. The number of hydrogen-bond donors (Lipinski definition) is 1. The molecular weight excluding hydrogens is 310 g/mol. The third kappa shape index (κ3) is 3.49. The van der Waals surface area contributed by atoms with Crippen molar-refractivity contribution in [1.29, 1.82) is 0 Å². The van der Waals surface area contributed by atoms with E-state index in [1.165, 1.54) is 10.8 Å². The fourth-order valence-electron chi connectivity index (χ4n) is 3.61. The summed E-state index contributed by atoms with van der Waals surface area (Å²) in [7, 11) is 0. The summed E-state index contributed by atoms with van der Waals surface area (Å²) < 4.78 is 0. The number of hydrogen-bond acceptors (Lipinski definition) is 4. The van der Waals surface area contributed by atoms with Crippen LogP contribution in [0.5, 0.6) is 0 Å². The summed E-state index contributed by atoms with van der Waals surface area (Å²) in [6.45, 7) is 2.22. The first kappa shape index (κ1) is 16.0. The van der Waals surface area contributed by atoms with Gasteiger partial charge in [-0.1, -0.05) is 36.4 Å². The van der Waals surface area contributed by atoms with Crippen LogP contribution in [0.25, 0.3) is 22.0 Å². The standard InChI is InChI=1S/C21H23N3O/c25-14-10-16-8-12-24(13-9-16)21-22-11-7-20(23-21)19-6-5-17-3-1-2-4-18(17)15-19/h1-7,11,15-16,25H,8-10,12-14H2. The summed E-state index contributed by atoms with van der Waals surface area (Å²) in [5.41, 5.74) is 2.09. The zero-order valence-corrected chi connectivity index (χ0v) is 14.3. The van der Waals surface area contributed by atoms with Crippen LogP contribution < -0.4 is 4.90 Å². The SMILES string of the molecule is OCCC1CCN(c2nccc(-c3ccc4ccccc4c3)n2)CC1. The van der Waals surface area contributed by atoms with Gasteiger partial charge in [-0.25, -0.2) is 9.97 Å². The molecule has 1 fully saturated rings. The molecule has 1 aromatic heterocycles. The average molecular weight is 333 g/mol. The maximum atomic E-state index is 9.10. The van der Waals surface area contributed by atoms with E-state index in [2.05, 4.69) is 52.3 Å². The second-order valence-corrected chi connectivity index (χ2v) is 6.75. The van der Waals surface area contributed by atoms with E-state index in [0.717, 1.165) is 49.6 Å². The molecule has 0 unspecified atom stereocenters. The van der Waals surface area contributed by atoms with E-state index in [1.54, 1.807) is 0 Å². The lowest BCUT2D eigenvalue weighted by atomic mass is 9.94. The van der Waals surface area contributed by atoms with E-state index >= 15 is 0 Å². The molecule has 25 heavy (non-hydrogen) atoms. The van der Waals surface area contributed by atoms with Crippen LogP contribution in [0.15, 0.2) is 54.7 Å². The highest BCUT2D eigenvalue weighted by Crippen LogP contribution is 2.26. The lowest BCUT2D eigenvalue weighted by molar-refractivity contribution is 0.240. The van der Waals surface area contributed by atoms with Crippen molar-refractivity contribution in [1.82, 2.24) is 9.97 Å². The number of aliphatic hydroxyl groups is 1. The molecule has 4 rings (SSSR count). The van der Waals surface area contributed by atoms with Gasteiger partial charge >= 0.3 is 0 Å². The summed E-state index contributed by atoms with van der Waals surface area (Å²) in [6, 6.07) is 16.8. The second-order valence-electron chi connectivity index (χ2n) is 6.75. The Balaban J connectivity index is 1.56. The minimum Gasteiger partial charge on any atom is -0.396 e. The number of piperidine rings is 1. The van der Waals surface area contributed by atoms with Crippen molar-refractivity contribution < 1.29 is 5.11 Å². The second kappa shape index (κ2) is 7.19. The number of aliphatic hydroxyl groups excluding tert-OH is 1. The lowest BCUT2D eigenvalue weighted by Gasteiger charge is -2.31. The van der Waals surface area contributed by atoms with Crippen molar-refractivity contribution in [3.05, 3.63) is 54.7 Å². The van der Waals surface area contributed by atoms with Gasteiger partial charge in [-0.15, -0.1) is 0 Å². The van der Waals surface area contributed by atoms with Gasteiger partial charge in [0.2, 0.25) is 5.95 Å². The Labute approximate surface area is 148 Å². The Morgan fingerprint density at radius 3 is 2.60 bits per heavy atom. The number of nitrogens with zero attached hydrogens (tertiary/aromatic N) is 3. The van der Waals surface area contributed by atoms with Crippen LogP contribution in [-0.4, -0.2) is 34.8 Å². The van der Waals surface area contributed by atoms with Gasteiger partial charge in [-0.2, -0.15) is 0 Å². The van der Waals surface area contributed by atoms with Crippen LogP contribution in [0, 0.1) is 5.92 Å². The maximum absolute atomic E-state index is 9.10. The maximum Gasteiger partial charge on any atom is 0.225 e. The number of anilines is 1. The van der Waals surface area contributed by atoms with Crippen LogP contribution >= 0.6 is 0 Å². The minimum absolute atomic E-state index is 0.290. The molecule has 1 saturated heterocycles. The van der Waals surface area contributed by atoms with Gasteiger partial charge in [0, 0.05) is 31.5 Å². The van der Waals surface area contributed by atoms with Crippen LogP contribution in [0.4, 0.5) is 5.95 Å². The molecule has 0 atom stereocenters. The molecule has 4 nitrogen and oxygen atoms in total. The molecule has 4 heteroatoms. The summed E-state index contributed by atoms with van der Waals surface area (Å²) in [6.07, 6.45) is 4.97. The van der Waals surface area contributed by atoms with Gasteiger partial charge in [0.1, 0.15) is 0 Å². The van der Waals surface area contributed by atoms with Crippen molar-refractivity contribution in [2.75, 3.05) is 24.6 Å². The Kier molecular flexibility index (Phi) is 4.61. The van der Waals surface area contributed by atoms with Crippen LogP contribution in [0.3, 0.4) is 0 Å². The van der Waals surface area contributed by atoms with Gasteiger partial charge in [0.05, 0.1) is 5.69 Å². The van der Waals surface area contributed by atoms with Crippen molar-refractivity contribution in [3.63, 3.8) is 0 Å². The predicted molar refractivity (Wildman–Crippen MR) is 102 cm³/mol. The quantitative estimate of drug-likeness (QED) is 0.787. The highest BCUT2D eigenvalue weighted by Gasteiger charge is 2.20. The largest absolute Gasteiger partial charge is 0.396 e. The van der Waals surface area contributed by atoms with Crippen LogP contribution in [-0.2, 0) is 0 Å². The summed E-state index contributed by atoms with van der Waals surface area (Å²) in [5, 5.41) is 11.6. The van der Waals surface area contributed by atoms with Gasteiger partial charge in [0.15, 0.2) is 0 Å². The van der Waals surface area contributed by atoms with Crippen molar-refractivity contribution in [3.8, 4) is 11.3 Å². The molecule has 0 saturated carbocycles. The number of benzene rings is 2. The van der Waals surface area contributed by atoms with Crippen molar-refractivity contribution in [2.24, 2.45) is 5.92 Å². The van der Waals surface area contributed by atoms with E-state index in [0.29, 0.717) is 12.5 Å². The molecule has 0 spiro atoms. The zero-order valence-electron chi connectivity index (χ0n) is 14.3. The Morgan fingerprint density at radius 2 is 1.80 bits per heavy atom. The number of aromatic nitrogens is 2. The Bertz CT molecular complexity index is 856. The fraction of sp³-hybridized carbons (Fsp3) is 0.333. The third-order valence-electron chi connectivity index (χ3n) is 5.12. The normalized spacial score (nSPS) is 15.6. The molecular formula is C21H23N3O. The molecule has 2 aromatic carbocycles. The molecule has 0 bridgehead atoms. The first-order valence-electron chi connectivity index (χ1n) is 9.01. The van der Waals surface area contributed by atoms with Gasteiger partial charge in [-0.3, -0.25) is 0 Å². The van der Waals surface area contributed by atoms with E-state index in [-0.39, 0.29) is 0 Å². The van der Waals surface area contributed by atoms with Gasteiger partial charge in [-0.05, 0) is 48.1 Å². The predicted octanol–water partition coefficient (Wildman–Crippen LogP) is 3.90. The van der Waals surface area contributed by atoms with E-state index in [4.69, 9.17) is 10.1 Å². The number of rotatable bonds is 4. The van der Waals surface area contributed by atoms with E-state index < -0.39 is 0 Å². The molecule has 2 heterocycles. The molecule has 0 aliphatic carbocycles. The van der Waals surface area contributed by atoms with E-state index in [1.807, 2.05) is 12.3 Å². The summed E-state index contributed by atoms with van der Waals surface area (Å²) in [5.74, 6) is 1.44. The Morgan fingerprint density at radius 1 is 1.00 bits per heavy atom. The molecule has 1 aliphatic heterocycles. The topological polar surface area (TPSA) is 49.2 Å². The minimum atomic E-state index is 0.290. The molecule has 3 aromatic rings. The van der Waals surface area contributed by atoms with E-state index in [9.17, 15) is 0 Å². The highest BCUT2D eigenvalue weighted by molar-refractivity contribution is 5.86. The van der Waals surface area contributed by atoms with Gasteiger partial charge in [0.25, 0.3) is 0 Å². The molecule has 1 N–H and O–H groups in total. The monoisotopic (exact) mass is 333 g/mol. The first-order chi connectivity index (χ1) is 12.3. The van der Waals surface area contributed by atoms with Crippen molar-refractivity contribution >= 4 is 16.7 Å². The average Bonchev–Trinajstić information content (AvgIpc) is 2.68. The Hall–Kier alpha value is -2.46. The fourth-order valence-corrected chi connectivity index (χ4v) is 3.61. The highest BCUT2D eigenvalue weighted by atomic mass is 16.3. The summed E-state index contributed by atoms with van der Waals surface area (Å²) >= 11 is 0. The van der Waals surface area contributed by atoms with Crippen LogP contribution in [0.1, 0.15) is 19.3 Å². The summed E-state index contributed by atoms with van der Waals surface area (Å²) in [4.78, 5) is 11.6. The zero-order chi connectivity index (χ0) is 17.1. The smallest absolute Gasteiger partial charge is 0.225 e. The van der Waals surface area contributed by atoms with Gasteiger partial charge < -0.3 is 10.0 Å². The number of fused-ring (bicyclic) bond motifs is 1. The molecule has 0 amide bonds. The first-order valence-corrected chi connectivity index (χ1v) is 9.01. The van der Waals surface area contributed by atoms with Crippen molar-refractivity contribution in [2.45, 2.75) is 19.3 Å². The lowest BCUT2D eigenvalue weighted by Crippen LogP contribution is -2.35. The third-order valence-corrected chi connectivity index (χ3v) is 5.12. The molecule has 1 aliphatic rings. The molecule has 0 radical (unpaired) electrons. The van der Waals surface area contributed by atoms with Crippen LogP contribution in [0.2, 0.25) is 0 Å².